The Kier molecular flexibility index (Phi) is 9.39. The molecular weight excluding hydrogens is 489 g/mol. The highest BCUT2D eigenvalue weighted by atomic mass is 35.5. The summed E-state index contributed by atoms with van der Waals surface area (Å²) in [4.78, 5) is 27.1. The smallest absolute Gasteiger partial charge is 0.244 e. The number of sulfonamides is 1. The van der Waals surface area contributed by atoms with Gasteiger partial charge in [-0.3, -0.25) is 13.9 Å². The van der Waals surface area contributed by atoms with E-state index in [2.05, 4.69) is 5.32 Å². The number of carbonyl (C=O) groups excluding carboxylic acids is 2. The highest BCUT2D eigenvalue weighted by Gasteiger charge is 2.31. The zero-order valence-corrected chi connectivity index (χ0v) is 21.2. The van der Waals surface area contributed by atoms with Crippen molar-refractivity contribution in [3.63, 3.8) is 0 Å². The van der Waals surface area contributed by atoms with Gasteiger partial charge >= 0.3 is 0 Å². The van der Waals surface area contributed by atoms with E-state index in [1.165, 1.54) is 11.9 Å². The first-order chi connectivity index (χ1) is 15.5. The van der Waals surface area contributed by atoms with Gasteiger partial charge in [0.15, 0.2) is 0 Å². The van der Waals surface area contributed by atoms with Crippen LogP contribution in [0.15, 0.2) is 42.5 Å². The number of para-hydroxylation sites is 2. The SMILES string of the molecule is CCOc1ccccc1N(CC(=O)N(Cc1c(Cl)cccc1Cl)[C@@H](C)C(=O)NC)S(C)(=O)=O. The van der Waals surface area contributed by atoms with Crippen molar-refractivity contribution in [3.05, 3.63) is 58.1 Å². The van der Waals surface area contributed by atoms with Crippen LogP contribution in [0.4, 0.5) is 5.69 Å². The summed E-state index contributed by atoms with van der Waals surface area (Å²) in [6, 6.07) is 10.5. The Morgan fingerprint density at radius 2 is 1.70 bits per heavy atom. The van der Waals surface area contributed by atoms with Gasteiger partial charge in [0.25, 0.3) is 0 Å². The number of benzene rings is 2. The highest BCUT2D eigenvalue weighted by molar-refractivity contribution is 7.92. The fraction of sp³-hybridized carbons (Fsp3) is 0.364. The van der Waals surface area contributed by atoms with Crippen molar-refractivity contribution in [1.29, 1.82) is 0 Å². The molecule has 0 aliphatic heterocycles. The third-order valence-corrected chi connectivity index (χ3v) is 6.75. The van der Waals surface area contributed by atoms with Crippen LogP contribution in [0.2, 0.25) is 10.0 Å². The molecule has 0 bridgehead atoms. The molecule has 0 saturated carbocycles. The van der Waals surface area contributed by atoms with Gasteiger partial charge < -0.3 is 15.0 Å². The lowest BCUT2D eigenvalue weighted by Gasteiger charge is -2.32. The minimum absolute atomic E-state index is 0.0867. The first kappa shape index (κ1) is 26.8. The first-order valence-electron chi connectivity index (χ1n) is 10.1. The van der Waals surface area contributed by atoms with Crippen LogP contribution in [0, 0.1) is 0 Å². The summed E-state index contributed by atoms with van der Waals surface area (Å²) in [5.74, 6) is -0.718. The third kappa shape index (κ3) is 6.75. The van der Waals surface area contributed by atoms with Gasteiger partial charge in [0, 0.05) is 29.2 Å². The molecule has 0 unspecified atom stereocenters. The first-order valence-corrected chi connectivity index (χ1v) is 12.7. The minimum atomic E-state index is -3.87. The van der Waals surface area contributed by atoms with E-state index in [0.29, 0.717) is 28.0 Å². The second-order valence-electron chi connectivity index (χ2n) is 7.18. The number of anilines is 1. The zero-order chi connectivity index (χ0) is 24.8. The number of ether oxygens (including phenoxy) is 1. The van der Waals surface area contributed by atoms with E-state index < -0.39 is 34.4 Å². The van der Waals surface area contributed by atoms with Crippen LogP contribution >= 0.6 is 23.2 Å². The largest absolute Gasteiger partial charge is 0.492 e. The predicted octanol–water partition coefficient (Wildman–Crippen LogP) is 3.32. The molecule has 2 rings (SSSR count). The van der Waals surface area contributed by atoms with E-state index in [4.69, 9.17) is 27.9 Å². The standard InChI is InChI=1S/C22H27Cl2N3O5S/c1-5-32-20-12-7-6-11-19(20)27(33(4,30)31)14-21(28)26(15(2)22(29)25-3)13-16-17(23)9-8-10-18(16)24/h6-12,15H,5,13-14H2,1-4H3,(H,25,29)/t15-/m0/s1. The fourth-order valence-electron chi connectivity index (χ4n) is 3.18. The Hall–Kier alpha value is -2.49. The molecule has 1 atom stereocenters. The normalized spacial score (nSPS) is 12.1. The average molecular weight is 516 g/mol. The molecule has 33 heavy (non-hydrogen) atoms. The second-order valence-corrected chi connectivity index (χ2v) is 9.90. The van der Waals surface area contributed by atoms with Gasteiger partial charge in [0.1, 0.15) is 18.3 Å². The molecule has 0 heterocycles. The topological polar surface area (TPSA) is 96.0 Å². The summed E-state index contributed by atoms with van der Waals surface area (Å²) in [5.41, 5.74) is 0.670. The zero-order valence-electron chi connectivity index (χ0n) is 18.8. The van der Waals surface area contributed by atoms with E-state index in [1.54, 1.807) is 56.3 Å². The van der Waals surface area contributed by atoms with Crippen molar-refractivity contribution >= 4 is 50.7 Å². The van der Waals surface area contributed by atoms with Crippen LogP contribution < -0.4 is 14.4 Å². The van der Waals surface area contributed by atoms with Crippen LogP contribution in [0.1, 0.15) is 19.4 Å². The summed E-state index contributed by atoms with van der Waals surface area (Å²) in [6.07, 6.45) is 1.00. The molecule has 1 N–H and O–H groups in total. The Morgan fingerprint density at radius 3 is 2.24 bits per heavy atom. The lowest BCUT2D eigenvalue weighted by atomic mass is 10.1. The molecule has 2 aromatic rings. The third-order valence-electron chi connectivity index (χ3n) is 4.92. The molecule has 0 spiro atoms. The number of hydrogen-bond acceptors (Lipinski definition) is 5. The van der Waals surface area contributed by atoms with Crippen molar-refractivity contribution in [2.24, 2.45) is 0 Å². The number of amides is 2. The van der Waals surface area contributed by atoms with Crippen LogP contribution in [-0.2, 0) is 26.2 Å². The molecule has 0 fully saturated rings. The van der Waals surface area contributed by atoms with Crippen molar-refractivity contribution < 1.29 is 22.7 Å². The van der Waals surface area contributed by atoms with Gasteiger partial charge in [-0.1, -0.05) is 41.4 Å². The predicted molar refractivity (Wildman–Crippen MR) is 130 cm³/mol. The van der Waals surface area contributed by atoms with Gasteiger partial charge in [-0.2, -0.15) is 0 Å². The minimum Gasteiger partial charge on any atom is -0.492 e. The average Bonchev–Trinajstić information content (AvgIpc) is 2.76. The number of carbonyl (C=O) groups is 2. The van der Waals surface area contributed by atoms with Crippen molar-refractivity contribution in [2.75, 3.05) is 30.8 Å². The molecule has 0 saturated heterocycles. The van der Waals surface area contributed by atoms with E-state index in [0.717, 1.165) is 10.6 Å². The summed E-state index contributed by atoms with van der Waals surface area (Å²) >= 11 is 12.6. The van der Waals surface area contributed by atoms with Gasteiger partial charge in [0.05, 0.1) is 18.6 Å². The molecule has 0 aliphatic carbocycles. The molecule has 11 heteroatoms. The van der Waals surface area contributed by atoms with Crippen LogP contribution in [-0.4, -0.2) is 57.6 Å². The van der Waals surface area contributed by atoms with Crippen molar-refractivity contribution in [3.8, 4) is 5.75 Å². The monoisotopic (exact) mass is 515 g/mol. The molecule has 0 aliphatic rings. The number of hydrogen-bond donors (Lipinski definition) is 1. The number of nitrogens with zero attached hydrogens (tertiary/aromatic N) is 2. The Balaban J connectivity index is 2.48. The maximum Gasteiger partial charge on any atom is 0.244 e. The van der Waals surface area contributed by atoms with E-state index in [1.807, 2.05) is 0 Å². The van der Waals surface area contributed by atoms with Crippen LogP contribution in [0.3, 0.4) is 0 Å². The summed E-state index contributed by atoms with van der Waals surface area (Å²) < 4.78 is 31.8. The van der Waals surface area contributed by atoms with E-state index in [-0.39, 0.29) is 12.2 Å². The van der Waals surface area contributed by atoms with Crippen molar-refractivity contribution in [2.45, 2.75) is 26.4 Å². The number of halogens is 2. The van der Waals surface area contributed by atoms with E-state index in [9.17, 15) is 18.0 Å². The Bertz CT molecular complexity index is 1090. The molecule has 0 radical (unpaired) electrons. The summed E-state index contributed by atoms with van der Waals surface area (Å²) in [7, 11) is -2.43. The lowest BCUT2D eigenvalue weighted by molar-refractivity contribution is -0.139. The maximum atomic E-state index is 13.4. The fourth-order valence-corrected chi connectivity index (χ4v) is 4.55. The molecular formula is C22H27Cl2N3O5S. The van der Waals surface area contributed by atoms with Gasteiger partial charge in [-0.25, -0.2) is 8.42 Å². The van der Waals surface area contributed by atoms with Crippen LogP contribution in [0.5, 0.6) is 5.75 Å². The molecule has 2 amide bonds. The van der Waals surface area contributed by atoms with Gasteiger partial charge in [0.2, 0.25) is 21.8 Å². The molecule has 180 valence electrons. The van der Waals surface area contributed by atoms with E-state index >= 15 is 0 Å². The van der Waals surface area contributed by atoms with Gasteiger partial charge in [-0.15, -0.1) is 0 Å². The Morgan fingerprint density at radius 1 is 1.09 bits per heavy atom. The number of rotatable bonds is 10. The number of nitrogens with one attached hydrogen (secondary N) is 1. The summed E-state index contributed by atoms with van der Waals surface area (Å²) in [6.45, 7) is 2.99. The lowest BCUT2D eigenvalue weighted by Crippen LogP contribution is -2.50. The second kappa shape index (κ2) is 11.6. The maximum absolute atomic E-state index is 13.4. The van der Waals surface area contributed by atoms with Crippen molar-refractivity contribution in [1.82, 2.24) is 10.2 Å². The molecule has 2 aromatic carbocycles. The summed E-state index contributed by atoms with van der Waals surface area (Å²) in [5, 5.41) is 3.16. The highest BCUT2D eigenvalue weighted by Crippen LogP contribution is 2.31. The number of likely N-dealkylation sites (N-methyl/N-ethyl adjacent to an activating group) is 1. The molecule has 0 aromatic heterocycles. The van der Waals surface area contributed by atoms with Crippen LogP contribution in [0.25, 0.3) is 0 Å². The molecule has 8 nitrogen and oxygen atoms in total. The Labute approximate surface area is 204 Å². The quantitative estimate of drug-likeness (QED) is 0.523. The van der Waals surface area contributed by atoms with Gasteiger partial charge in [-0.05, 0) is 38.1 Å².